The third-order valence-corrected chi connectivity index (χ3v) is 5.28. The number of carboxylic acids is 1. The average Bonchev–Trinajstić information content (AvgIpc) is 2.68. The van der Waals surface area contributed by atoms with Gasteiger partial charge in [0.2, 0.25) is 0 Å². The Balaban J connectivity index is 1.77. The lowest BCUT2D eigenvalue weighted by Crippen LogP contribution is -2.41. The number of carbonyl (C=O) groups is 1. The summed E-state index contributed by atoms with van der Waals surface area (Å²) in [4.78, 5) is 13.9. The molecule has 1 fully saturated rings. The number of hydrogen-bond acceptors (Lipinski definition) is 3. The van der Waals surface area contributed by atoms with Crippen LogP contribution in [-0.4, -0.2) is 36.2 Å². The monoisotopic (exact) mass is 353 g/mol. The zero-order valence-electron chi connectivity index (χ0n) is 15.5. The first-order chi connectivity index (χ1) is 12.6. The van der Waals surface area contributed by atoms with Crippen LogP contribution in [-0.2, 0) is 17.8 Å². The zero-order chi connectivity index (χ0) is 18.5. The van der Waals surface area contributed by atoms with Crippen LogP contribution in [0.15, 0.2) is 48.5 Å². The van der Waals surface area contributed by atoms with Gasteiger partial charge in [0.25, 0.3) is 0 Å². The van der Waals surface area contributed by atoms with E-state index < -0.39 is 5.97 Å². The summed E-state index contributed by atoms with van der Waals surface area (Å²) >= 11 is 0. The molecule has 1 heterocycles. The van der Waals surface area contributed by atoms with Crippen molar-refractivity contribution in [2.75, 3.05) is 20.2 Å². The van der Waals surface area contributed by atoms with Gasteiger partial charge in [-0.1, -0.05) is 43.3 Å². The molecule has 0 saturated carbocycles. The third kappa shape index (κ3) is 4.44. The number of nitrogens with zero attached hydrogens (tertiary/aromatic N) is 1. The fraction of sp³-hybridized carbons (Fsp3) is 0.409. The number of likely N-dealkylation sites (tertiary alicyclic amines) is 1. The summed E-state index contributed by atoms with van der Waals surface area (Å²) in [6.07, 6.45) is 1.72. The second-order valence-corrected chi connectivity index (χ2v) is 7.11. The minimum Gasteiger partial charge on any atom is -0.497 e. The number of aliphatic carboxylic acids is 1. The predicted octanol–water partition coefficient (Wildman–Crippen LogP) is 3.95. The Morgan fingerprint density at radius 2 is 1.92 bits per heavy atom. The van der Waals surface area contributed by atoms with E-state index in [1.54, 1.807) is 7.11 Å². The van der Waals surface area contributed by atoms with E-state index in [1.165, 1.54) is 11.1 Å². The normalized spacial score (nSPS) is 20.7. The van der Waals surface area contributed by atoms with E-state index in [2.05, 4.69) is 42.2 Å². The van der Waals surface area contributed by atoms with Crippen LogP contribution in [0.2, 0.25) is 0 Å². The molecule has 2 aromatic carbocycles. The van der Waals surface area contributed by atoms with Gasteiger partial charge >= 0.3 is 5.97 Å². The Labute approximate surface area is 155 Å². The quantitative estimate of drug-likeness (QED) is 0.854. The maximum absolute atomic E-state index is 11.7. The first kappa shape index (κ1) is 18.5. The van der Waals surface area contributed by atoms with E-state index in [9.17, 15) is 9.90 Å². The van der Waals surface area contributed by atoms with E-state index in [-0.39, 0.29) is 11.8 Å². The van der Waals surface area contributed by atoms with Crippen molar-refractivity contribution in [2.45, 2.75) is 32.2 Å². The Morgan fingerprint density at radius 3 is 2.58 bits per heavy atom. The molecule has 4 heteroatoms. The fourth-order valence-corrected chi connectivity index (χ4v) is 3.79. The molecule has 2 aromatic rings. The summed E-state index contributed by atoms with van der Waals surface area (Å²) in [5, 5.41) is 9.60. The molecule has 26 heavy (non-hydrogen) atoms. The summed E-state index contributed by atoms with van der Waals surface area (Å²) in [5.74, 6) is 0.0584. The SMILES string of the molecule is CCc1ccc(C2CC(C(=O)O)CN(Cc3cccc(OC)c3)C2)cc1. The lowest BCUT2D eigenvalue weighted by atomic mass is 9.84. The number of rotatable bonds is 6. The largest absolute Gasteiger partial charge is 0.497 e. The highest BCUT2D eigenvalue weighted by Gasteiger charge is 2.32. The van der Waals surface area contributed by atoms with Crippen LogP contribution >= 0.6 is 0 Å². The number of ether oxygens (including phenoxy) is 1. The van der Waals surface area contributed by atoms with Crippen molar-refractivity contribution in [3.8, 4) is 5.75 Å². The van der Waals surface area contributed by atoms with Crippen LogP contribution in [0.3, 0.4) is 0 Å². The van der Waals surface area contributed by atoms with Crippen molar-refractivity contribution in [1.82, 2.24) is 4.90 Å². The van der Waals surface area contributed by atoms with Gasteiger partial charge in [0.1, 0.15) is 5.75 Å². The second-order valence-electron chi connectivity index (χ2n) is 7.11. The standard InChI is InChI=1S/C22H27NO3/c1-3-16-7-9-18(10-8-16)19-12-20(22(24)25)15-23(14-19)13-17-5-4-6-21(11-17)26-2/h4-11,19-20H,3,12-15H2,1-2H3,(H,24,25). The van der Waals surface area contributed by atoms with Gasteiger partial charge in [-0.05, 0) is 47.6 Å². The van der Waals surface area contributed by atoms with Crippen molar-refractivity contribution < 1.29 is 14.6 Å². The summed E-state index contributed by atoms with van der Waals surface area (Å²) in [6, 6.07) is 16.6. The predicted molar refractivity (Wildman–Crippen MR) is 103 cm³/mol. The molecule has 2 unspecified atom stereocenters. The van der Waals surface area contributed by atoms with Gasteiger partial charge in [-0.3, -0.25) is 9.69 Å². The van der Waals surface area contributed by atoms with Crippen molar-refractivity contribution in [3.63, 3.8) is 0 Å². The molecule has 1 aliphatic heterocycles. The fourth-order valence-electron chi connectivity index (χ4n) is 3.79. The Morgan fingerprint density at radius 1 is 1.15 bits per heavy atom. The molecule has 0 radical (unpaired) electrons. The molecule has 0 spiro atoms. The van der Waals surface area contributed by atoms with Gasteiger partial charge in [0.05, 0.1) is 13.0 Å². The van der Waals surface area contributed by atoms with Gasteiger partial charge in [-0.2, -0.15) is 0 Å². The zero-order valence-corrected chi connectivity index (χ0v) is 15.5. The topological polar surface area (TPSA) is 49.8 Å². The summed E-state index contributed by atoms with van der Waals surface area (Å²) in [6.45, 7) is 4.36. The number of piperidine rings is 1. The molecular weight excluding hydrogens is 326 g/mol. The van der Waals surface area contributed by atoms with Crippen molar-refractivity contribution >= 4 is 5.97 Å². The van der Waals surface area contributed by atoms with Crippen LogP contribution in [0, 0.1) is 5.92 Å². The smallest absolute Gasteiger partial charge is 0.307 e. The van der Waals surface area contributed by atoms with E-state index in [0.717, 1.165) is 30.8 Å². The molecular formula is C22H27NO3. The highest BCUT2D eigenvalue weighted by atomic mass is 16.5. The second kappa shape index (κ2) is 8.37. The lowest BCUT2D eigenvalue weighted by molar-refractivity contribution is -0.144. The van der Waals surface area contributed by atoms with Gasteiger partial charge in [0, 0.05) is 19.6 Å². The molecule has 1 aliphatic rings. The molecule has 1 N–H and O–H groups in total. The van der Waals surface area contributed by atoms with E-state index in [1.807, 2.05) is 18.2 Å². The van der Waals surface area contributed by atoms with Crippen LogP contribution in [0.4, 0.5) is 0 Å². The number of aryl methyl sites for hydroxylation is 1. The van der Waals surface area contributed by atoms with E-state index in [0.29, 0.717) is 13.0 Å². The maximum Gasteiger partial charge on any atom is 0.307 e. The van der Waals surface area contributed by atoms with Crippen molar-refractivity contribution in [1.29, 1.82) is 0 Å². The minimum absolute atomic E-state index is 0.251. The Hall–Kier alpha value is -2.33. The number of hydrogen-bond donors (Lipinski definition) is 1. The highest BCUT2D eigenvalue weighted by molar-refractivity contribution is 5.70. The summed E-state index contributed by atoms with van der Waals surface area (Å²) in [7, 11) is 1.66. The number of benzene rings is 2. The van der Waals surface area contributed by atoms with Crippen LogP contribution in [0.5, 0.6) is 5.75 Å². The van der Waals surface area contributed by atoms with Crippen LogP contribution in [0.1, 0.15) is 36.0 Å². The van der Waals surface area contributed by atoms with Gasteiger partial charge in [0.15, 0.2) is 0 Å². The van der Waals surface area contributed by atoms with Gasteiger partial charge in [-0.15, -0.1) is 0 Å². The van der Waals surface area contributed by atoms with E-state index >= 15 is 0 Å². The molecule has 4 nitrogen and oxygen atoms in total. The van der Waals surface area contributed by atoms with E-state index in [4.69, 9.17) is 4.74 Å². The maximum atomic E-state index is 11.7. The molecule has 0 bridgehead atoms. The van der Waals surface area contributed by atoms with Gasteiger partial charge < -0.3 is 9.84 Å². The molecule has 2 atom stereocenters. The third-order valence-electron chi connectivity index (χ3n) is 5.28. The lowest BCUT2D eigenvalue weighted by Gasteiger charge is -2.36. The van der Waals surface area contributed by atoms with Gasteiger partial charge in [-0.25, -0.2) is 0 Å². The molecule has 1 saturated heterocycles. The van der Waals surface area contributed by atoms with Crippen LogP contribution < -0.4 is 4.74 Å². The van der Waals surface area contributed by atoms with Crippen molar-refractivity contribution in [3.05, 3.63) is 65.2 Å². The number of methoxy groups -OCH3 is 1. The molecule has 3 rings (SSSR count). The summed E-state index contributed by atoms with van der Waals surface area (Å²) in [5.41, 5.74) is 3.70. The Kier molecular flexibility index (Phi) is 5.94. The Bertz CT molecular complexity index is 741. The molecule has 138 valence electrons. The first-order valence-corrected chi connectivity index (χ1v) is 9.26. The number of carboxylic acid groups (broad SMARTS) is 1. The van der Waals surface area contributed by atoms with Crippen molar-refractivity contribution in [2.24, 2.45) is 5.92 Å². The minimum atomic E-state index is -0.699. The first-order valence-electron chi connectivity index (χ1n) is 9.26. The van der Waals surface area contributed by atoms with Crippen LogP contribution in [0.25, 0.3) is 0 Å². The molecule has 0 aromatic heterocycles. The molecule has 0 aliphatic carbocycles. The average molecular weight is 353 g/mol. The molecule has 0 amide bonds. The highest BCUT2D eigenvalue weighted by Crippen LogP contribution is 2.31. The summed E-state index contributed by atoms with van der Waals surface area (Å²) < 4.78 is 5.30.